The Hall–Kier alpha value is -2.31. The van der Waals surface area contributed by atoms with Crippen LogP contribution in [0.25, 0.3) is 16.9 Å². The van der Waals surface area contributed by atoms with Gasteiger partial charge in [-0.3, -0.25) is 9.25 Å². The van der Waals surface area contributed by atoms with E-state index in [1.165, 1.54) is 0 Å². The molecule has 0 aliphatic rings. The van der Waals surface area contributed by atoms with Gasteiger partial charge in [-0.1, -0.05) is 13.3 Å². The molecule has 0 atom stereocenters. The third-order valence-corrected chi connectivity index (χ3v) is 3.90. The van der Waals surface area contributed by atoms with Gasteiger partial charge in [0.05, 0.1) is 11.3 Å². The second kappa shape index (κ2) is 5.40. The Morgan fingerprint density at radius 1 is 1.26 bits per heavy atom. The fraction of sp³-hybridized carbons (Fsp3) is 0.375. The first-order valence-electron chi connectivity index (χ1n) is 7.40. The number of halogens is 3. The lowest BCUT2D eigenvalue weighted by Gasteiger charge is -2.10. The molecule has 0 amide bonds. The van der Waals surface area contributed by atoms with E-state index in [4.69, 9.17) is 0 Å². The second-order valence-electron chi connectivity index (χ2n) is 5.58. The summed E-state index contributed by atoms with van der Waals surface area (Å²) in [6.07, 6.45) is 0.0501. The lowest BCUT2D eigenvalue weighted by atomic mass is 10.1. The summed E-state index contributed by atoms with van der Waals surface area (Å²) >= 11 is 0. The van der Waals surface area contributed by atoms with Crippen molar-refractivity contribution < 1.29 is 13.2 Å². The molecule has 0 saturated heterocycles. The zero-order valence-electron chi connectivity index (χ0n) is 13.1. The van der Waals surface area contributed by atoms with Crippen molar-refractivity contribution in [2.24, 2.45) is 7.05 Å². The molecule has 3 heterocycles. The summed E-state index contributed by atoms with van der Waals surface area (Å²) in [4.78, 5) is 4.04. The van der Waals surface area contributed by atoms with E-state index in [2.05, 4.69) is 17.0 Å². The van der Waals surface area contributed by atoms with E-state index in [1.54, 1.807) is 21.5 Å². The Labute approximate surface area is 131 Å². The molecule has 0 bridgehead atoms. The molecule has 0 spiro atoms. The fourth-order valence-electron chi connectivity index (χ4n) is 2.88. The highest BCUT2D eigenvalue weighted by Crippen LogP contribution is 2.31. The van der Waals surface area contributed by atoms with Crippen LogP contribution in [-0.2, 0) is 19.6 Å². The van der Waals surface area contributed by atoms with Crippen LogP contribution in [0, 0.1) is 6.92 Å². The van der Waals surface area contributed by atoms with E-state index in [-0.39, 0.29) is 0 Å². The molecule has 0 aliphatic carbocycles. The van der Waals surface area contributed by atoms with Crippen molar-refractivity contribution in [3.05, 3.63) is 41.3 Å². The maximum absolute atomic E-state index is 12.8. The first-order chi connectivity index (χ1) is 10.8. The van der Waals surface area contributed by atoms with E-state index < -0.39 is 11.7 Å². The minimum absolute atomic E-state index is 0.459. The van der Waals surface area contributed by atoms with Gasteiger partial charge in [0.1, 0.15) is 11.5 Å². The van der Waals surface area contributed by atoms with E-state index in [0.717, 1.165) is 42.2 Å². The van der Waals surface area contributed by atoms with Gasteiger partial charge in [-0.25, -0.2) is 4.98 Å². The molecule has 0 aliphatic heterocycles. The largest absolute Gasteiger partial charge is 0.417 e. The number of rotatable bonds is 3. The molecule has 23 heavy (non-hydrogen) atoms. The van der Waals surface area contributed by atoms with E-state index >= 15 is 0 Å². The highest BCUT2D eigenvalue weighted by molar-refractivity contribution is 5.78. The summed E-state index contributed by atoms with van der Waals surface area (Å²) in [5.74, 6) is 0.853. The van der Waals surface area contributed by atoms with Crippen molar-refractivity contribution in [1.82, 2.24) is 19.3 Å². The first kappa shape index (κ1) is 15.6. The third-order valence-electron chi connectivity index (χ3n) is 3.90. The van der Waals surface area contributed by atoms with Crippen molar-refractivity contribution >= 4 is 11.0 Å². The van der Waals surface area contributed by atoms with Crippen LogP contribution < -0.4 is 0 Å². The predicted octanol–water partition coefficient (Wildman–Crippen LogP) is 4.04. The number of fused-ring (bicyclic) bond motifs is 1. The number of hydrogen-bond donors (Lipinski definition) is 0. The summed E-state index contributed by atoms with van der Waals surface area (Å²) in [7, 11) is 1.83. The van der Waals surface area contributed by atoms with Gasteiger partial charge in [-0.05, 0) is 25.5 Å². The van der Waals surface area contributed by atoms with E-state index in [9.17, 15) is 13.2 Å². The monoisotopic (exact) mass is 322 g/mol. The molecule has 0 saturated carbocycles. The van der Waals surface area contributed by atoms with Gasteiger partial charge in [-0.15, -0.1) is 0 Å². The molecule has 3 rings (SSSR count). The molecule has 7 heteroatoms. The highest BCUT2D eigenvalue weighted by atomic mass is 19.4. The van der Waals surface area contributed by atoms with Gasteiger partial charge in [-0.2, -0.15) is 18.3 Å². The van der Waals surface area contributed by atoms with Gasteiger partial charge in [0, 0.05) is 30.4 Å². The molecule has 0 fully saturated rings. The molecule has 3 aromatic heterocycles. The van der Waals surface area contributed by atoms with Crippen LogP contribution in [0.4, 0.5) is 13.2 Å². The van der Waals surface area contributed by atoms with Crippen LogP contribution in [0.3, 0.4) is 0 Å². The van der Waals surface area contributed by atoms with Crippen molar-refractivity contribution in [2.45, 2.75) is 32.9 Å². The Kier molecular flexibility index (Phi) is 3.66. The van der Waals surface area contributed by atoms with Crippen molar-refractivity contribution in [3.63, 3.8) is 0 Å². The summed E-state index contributed by atoms with van der Waals surface area (Å²) in [6, 6.07) is 2.77. The van der Waals surface area contributed by atoms with Crippen molar-refractivity contribution in [2.75, 3.05) is 0 Å². The summed E-state index contributed by atoms with van der Waals surface area (Å²) in [6.45, 7) is 4.02. The zero-order valence-corrected chi connectivity index (χ0v) is 13.1. The lowest BCUT2D eigenvalue weighted by molar-refractivity contribution is -0.137. The van der Waals surface area contributed by atoms with Crippen molar-refractivity contribution in [3.8, 4) is 5.82 Å². The average molecular weight is 322 g/mol. The first-order valence-corrected chi connectivity index (χ1v) is 7.40. The SMILES string of the molecule is CCCc1c(C)nn(C)c1-n1ccc2cc(C(F)(F)F)cnc21. The molecule has 0 radical (unpaired) electrons. The lowest BCUT2D eigenvalue weighted by Crippen LogP contribution is -2.07. The Balaban J connectivity index is 2.19. The highest BCUT2D eigenvalue weighted by Gasteiger charge is 2.31. The quantitative estimate of drug-likeness (QED) is 0.729. The van der Waals surface area contributed by atoms with Gasteiger partial charge >= 0.3 is 6.18 Å². The van der Waals surface area contributed by atoms with Crippen LogP contribution in [0.5, 0.6) is 0 Å². The summed E-state index contributed by atoms with van der Waals surface area (Å²) < 4.78 is 42.0. The molecular weight excluding hydrogens is 305 g/mol. The molecule has 0 aromatic carbocycles. The Bertz CT molecular complexity index is 858. The normalized spacial score (nSPS) is 12.3. The van der Waals surface area contributed by atoms with Crippen LogP contribution in [0.2, 0.25) is 0 Å². The number of alkyl halides is 3. The van der Waals surface area contributed by atoms with Crippen LogP contribution in [0.1, 0.15) is 30.2 Å². The third kappa shape index (κ3) is 2.60. The topological polar surface area (TPSA) is 35.6 Å². The zero-order chi connectivity index (χ0) is 16.8. The average Bonchev–Trinajstić information content (AvgIpc) is 2.99. The standard InChI is InChI=1S/C16H17F3N4/c1-4-5-13-10(2)21-22(3)15(13)23-7-6-11-8-12(16(17,18)19)9-20-14(11)23/h6-9H,4-5H2,1-3H3. The molecule has 3 aromatic rings. The number of nitrogens with zero attached hydrogens (tertiary/aromatic N) is 4. The Morgan fingerprint density at radius 3 is 2.65 bits per heavy atom. The predicted molar refractivity (Wildman–Crippen MR) is 81.6 cm³/mol. The van der Waals surface area contributed by atoms with Crippen LogP contribution in [0.15, 0.2) is 24.5 Å². The Morgan fingerprint density at radius 2 is 2.00 bits per heavy atom. The molecular formula is C16H17F3N4. The number of pyridine rings is 1. The van der Waals surface area contributed by atoms with E-state index in [1.807, 2.05) is 14.0 Å². The van der Waals surface area contributed by atoms with Crippen molar-refractivity contribution in [1.29, 1.82) is 0 Å². The van der Waals surface area contributed by atoms with Gasteiger partial charge in [0.15, 0.2) is 0 Å². The summed E-state index contributed by atoms with van der Waals surface area (Å²) in [5.41, 5.74) is 1.78. The maximum atomic E-state index is 12.8. The molecule has 0 N–H and O–H groups in total. The van der Waals surface area contributed by atoms with Crippen LogP contribution >= 0.6 is 0 Å². The number of aromatic nitrogens is 4. The number of hydrogen-bond acceptors (Lipinski definition) is 2. The van der Waals surface area contributed by atoms with Gasteiger partial charge in [0.25, 0.3) is 0 Å². The van der Waals surface area contributed by atoms with Crippen LogP contribution in [-0.4, -0.2) is 19.3 Å². The maximum Gasteiger partial charge on any atom is 0.417 e. The van der Waals surface area contributed by atoms with Gasteiger partial charge in [0.2, 0.25) is 0 Å². The molecule has 122 valence electrons. The smallest absolute Gasteiger partial charge is 0.285 e. The minimum Gasteiger partial charge on any atom is -0.285 e. The summed E-state index contributed by atoms with van der Waals surface area (Å²) in [5, 5.41) is 4.90. The number of aryl methyl sites for hydroxylation is 2. The minimum atomic E-state index is -4.39. The van der Waals surface area contributed by atoms with Gasteiger partial charge < -0.3 is 0 Å². The van der Waals surface area contributed by atoms with E-state index in [0.29, 0.717) is 11.0 Å². The molecule has 0 unspecified atom stereocenters. The second-order valence-corrected chi connectivity index (χ2v) is 5.58. The molecule has 4 nitrogen and oxygen atoms in total. The fourth-order valence-corrected chi connectivity index (χ4v) is 2.88.